The summed E-state index contributed by atoms with van der Waals surface area (Å²) >= 11 is 0. The van der Waals surface area contributed by atoms with Crippen molar-refractivity contribution in [2.75, 3.05) is 26.2 Å². The average molecular weight is 465 g/mol. The average Bonchev–Trinajstić information content (AvgIpc) is 3.53. The van der Waals surface area contributed by atoms with E-state index in [0.29, 0.717) is 19.6 Å². The van der Waals surface area contributed by atoms with Crippen molar-refractivity contribution in [3.05, 3.63) is 102 Å². The number of amides is 2. The van der Waals surface area contributed by atoms with Crippen molar-refractivity contribution in [3.8, 4) is 5.69 Å². The first-order valence-corrected chi connectivity index (χ1v) is 12.2. The Morgan fingerprint density at radius 3 is 2.17 bits per heavy atom. The highest BCUT2D eigenvalue weighted by Gasteiger charge is 2.35. The lowest BCUT2D eigenvalue weighted by atomic mass is 10.0. The van der Waals surface area contributed by atoms with Crippen LogP contribution in [0.3, 0.4) is 0 Å². The second-order valence-corrected chi connectivity index (χ2v) is 9.47. The van der Waals surface area contributed by atoms with E-state index in [1.165, 1.54) is 0 Å². The Morgan fingerprint density at radius 2 is 1.40 bits per heavy atom. The Bertz CT molecular complexity index is 1360. The molecule has 0 unspecified atom stereocenters. The molecule has 2 saturated heterocycles. The van der Waals surface area contributed by atoms with Crippen LogP contribution in [0, 0.1) is 0 Å². The van der Waals surface area contributed by atoms with E-state index in [9.17, 15) is 9.59 Å². The van der Waals surface area contributed by atoms with Crippen LogP contribution in [-0.2, 0) is 0 Å². The molecule has 3 aromatic carbocycles. The van der Waals surface area contributed by atoms with Crippen molar-refractivity contribution in [2.24, 2.45) is 0 Å². The van der Waals surface area contributed by atoms with Crippen molar-refractivity contribution in [2.45, 2.75) is 18.5 Å². The van der Waals surface area contributed by atoms with Gasteiger partial charge in [-0.25, -0.2) is 0 Å². The molecule has 1 atom stereocenters. The Balaban J connectivity index is 1.04. The maximum Gasteiger partial charge on any atom is 0.253 e. The van der Waals surface area contributed by atoms with Crippen molar-refractivity contribution in [1.29, 1.82) is 0 Å². The number of carbonyl (C=O) groups excluding carboxylic acids is 2. The Labute approximate surface area is 204 Å². The number of para-hydroxylation sites is 1. The number of nitrogens with one attached hydrogen (secondary N) is 1. The second kappa shape index (κ2) is 9.04. The first-order valence-electron chi connectivity index (χ1n) is 12.2. The van der Waals surface area contributed by atoms with Gasteiger partial charge < -0.3 is 19.7 Å². The summed E-state index contributed by atoms with van der Waals surface area (Å²) in [5.74, 6) is 0.168. The zero-order valence-corrected chi connectivity index (χ0v) is 19.5. The third-order valence-corrected chi connectivity index (χ3v) is 7.11. The highest BCUT2D eigenvalue weighted by atomic mass is 16.2. The fourth-order valence-corrected chi connectivity index (χ4v) is 5.20. The Hall–Kier alpha value is -3.90. The molecule has 6 rings (SSSR count). The van der Waals surface area contributed by atoms with Crippen LogP contribution in [0.1, 0.15) is 27.1 Å². The van der Waals surface area contributed by atoms with Crippen molar-refractivity contribution in [1.82, 2.24) is 19.7 Å². The lowest BCUT2D eigenvalue weighted by Crippen LogP contribution is -2.62. The lowest BCUT2D eigenvalue weighted by molar-refractivity contribution is 0.0553. The van der Waals surface area contributed by atoms with Crippen LogP contribution in [0.2, 0.25) is 0 Å². The van der Waals surface area contributed by atoms with Crippen molar-refractivity contribution in [3.63, 3.8) is 0 Å². The van der Waals surface area contributed by atoms with E-state index in [4.69, 9.17) is 0 Å². The number of hydrogen-bond acceptors (Lipinski definition) is 3. The minimum atomic E-state index is 0.0738. The number of nitrogens with zero attached hydrogens (tertiary/aromatic N) is 3. The highest BCUT2D eigenvalue weighted by molar-refractivity contribution is 5.99. The molecule has 0 saturated carbocycles. The van der Waals surface area contributed by atoms with Gasteiger partial charge in [-0.1, -0.05) is 36.4 Å². The minimum absolute atomic E-state index is 0.0738. The molecule has 4 aromatic rings. The van der Waals surface area contributed by atoms with Gasteiger partial charge in [-0.15, -0.1) is 0 Å². The lowest BCUT2D eigenvalue weighted by Gasteiger charge is -2.41. The zero-order chi connectivity index (χ0) is 23.8. The third-order valence-electron chi connectivity index (χ3n) is 7.11. The van der Waals surface area contributed by atoms with E-state index in [2.05, 4.69) is 28.1 Å². The first kappa shape index (κ1) is 21.6. The molecule has 35 heavy (non-hydrogen) atoms. The van der Waals surface area contributed by atoms with Gasteiger partial charge in [0.1, 0.15) is 0 Å². The summed E-state index contributed by atoms with van der Waals surface area (Å²) in [5.41, 5.74) is 3.66. The maximum absolute atomic E-state index is 13.1. The van der Waals surface area contributed by atoms with E-state index in [0.717, 1.165) is 40.7 Å². The van der Waals surface area contributed by atoms with Crippen LogP contribution in [0.4, 0.5) is 0 Å². The molecule has 2 fully saturated rings. The summed E-state index contributed by atoms with van der Waals surface area (Å²) in [6.07, 6.45) is 2.99. The number of rotatable bonds is 5. The molecule has 0 radical (unpaired) electrons. The minimum Gasteiger partial charge on any atom is -0.337 e. The van der Waals surface area contributed by atoms with Crippen molar-refractivity contribution < 1.29 is 9.59 Å². The molecule has 0 bridgehead atoms. The van der Waals surface area contributed by atoms with Gasteiger partial charge in [0.2, 0.25) is 0 Å². The van der Waals surface area contributed by atoms with E-state index in [-0.39, 0.29) is 23.9 Å². The number of aromatic nitrogens is 1. The summed E-state index contributed by atoms with van der Waals surface area (Å²) < 4.78 is 2.14. The van der Waals surface area contributed by atoms with Gasteiger partial charge in [-0.2, -0.15) is 0 Å². The molecule has 176 valence electrons. The number of hydrogen-bond donors (Lipinski definition) is 1. The van der Waals surface area contributed by atoms with Crippen LogP contribution >= 0.6 is 0 Å². The molecule has 2 aliphatic rings. The SMILES string of the molecule is O=C(c1ccc2c(ccn2-c2ccccc2)c1)N1CC(N[C@H]2CCN(C(=O)c3ccccc3)C2)C1. The quantitative estimate of drug-likeness (QED) is 0.487. The molecular weight excluding hydrogens is 436 g/mol. The van der Waals surface area contributed by atoms with Crippen LogP contribution in [-0.4, -0.2) is 64.4 Å². The summed E-state index contributed by atoms with van der Waals surface area (Å²) in [7, 11) is 0. The van der Waals surface area contributed by atoms with Gasteiger partial charge in [0.15, 0.2) is 0 Å². The summed E-state index contributed by atoms with van der Waals surface area (Å²) in [6.45, 7) is 2.88. The smallest absolute Gasteiger partial charge is 0.253 e. The van der Waals surface area contributed by atoms with E-state index in [1.807, 2.05) is 82.7 Å². The zero-order valence-electron chi connectivity index (χ0n) is 19.5. The monoisotopic (exact) mass is 464 g/mol. The van der Waals surface area contributed by atoms with Crippen LogP contribution in [0.15, 0.2) is 91.1 Å². The largest absolute Gasteiger partial charge is 0.337 e. The number of likely N-dealkylation sites (tertiary alicyclic amines) is 2. The normalized spacial score (nSPS) is 18.1. The van der Waals surface area contributed by atoms with E-state index >= 15 is 0 Å². The molecular formula is C29H28N4O2. The summed E-state index contributed by atoms with van der Waals surface area (Å²) in [6, 6.07) is 28.2. The predicted molar refractivity (Wildman–Crippen MR) is 137 cm³/mol. The van der Waals surface area contributed by atoms with Gasteiger partial charge in [0, 0.05) is 66.7 Å². The van der Waals surface area contributed by atoms with E-state index < -0.39 is 0 Å². The standard InChI is InChI=1S/C29H28N4O2/c34-28(21-7-3-1-4-8-21)31-15-14-24(18-31)30-25-19-32(20-25)29(35)23-11-12-27-22(17-23)13-16-33(27)26-9-5-2-6-10-26/h1-13,16-17,24-25,30H,14-15,18-20H2/t24-/m0/s1. The second-order valence-electron chi connectivity index (χ2n) is 9.47. The number of benzene rings is 3. The molecule has 1 aromatic heterocycles. The molecule has 2 amide bonds. The van der Waals surface area contributed by atoms with E-state index in [1.54, 1.807) is 0 Å². The highest BCUT2D eigenvalue weighted by Crippen LogP contribution is 2.24. The fraction of sp³-hybridized carbons (Fsp3) is 0.241. The van der Waals surface area contributed by atoms with Gasteiger partial charge in [-0.3, -0.25) is 9.59 Å². The molecule has 1 N–H and O–H groups in total. The van der Waals surface area contributed by atoms with Crippen LogP contribution in [0.5, 0.6) is 0 Å². The molecule has 6 nitrogen and oxygen atoms in total. The molecule has 0 aliphatic carbocycles. The fourth-order valence-electron chi connectivity index (χ4n) is 5.20. The van der Waals surface area contributed by atoms with Crippen LogP contribution < -0.4 is 5.32 Å². The number of carbonyl (C=O) groups is 2. The molecule has 0 spiro atoms. The topological polar surface area (TPSA) is 57.6 Å². The van der Waals surface area contributed by atoms with Crippen molar-refractivity contribution >= 4 is 22.7 Å². The van der Waals surface area contributed by atoms with Gasteiger partial charge in [-0.05, 0) is 55.0 Å². The predicted octanol–water partition coefficient (Wildman–Crippen LogP) is 3.96. The third kappa shape index (κ3) is 4.21. The van der Waals surface area contributed by atoms with Crippen LogP contribution in [0.25, 0.3) is 16.6 Å². The Morgan fingerprint density at radius 1 is 0.714 bits per heavy atom. The summed E-state index contributed by atoms with van der Waals surface area (Å²) in [5, 5.41) is 4.71. The van der Waals surface area contributed by atoms with Gasteiger partial charge in [0.05, 0.1) is 5.52 Å². The molecule has 3 heterocycles. The summed E-state index contributed by atoms with van der Waals surface area (Å²) in [4.78, 5) is 29.6. The number of fused-ring (bicyclic) bond motifs is 1. The van der Waals surface area contributed by atoms with Gasteiger partial charge >= 0.3 is 0 Å². The molecule has 2 aliphatic heterocycles. The first-order chi connectivity index (χ1) is 17.2. The van der Waals surface area contributed by atoms with Gasteiger partial charge in [0.25, 0.3) is 11.8 Å². The Kier molecular flexibility index (Phi) is 5.58. The molecule has 6 heteroatoms. The maximum atomic E-state index is 13.1.